The molecule has 0 saturated heterocycles. The number of rotatable bonds is 8. The second kappa shape index (κ2) is 10.7. The molecular weight excluding hydrogens is 404 g/mol. The number of ether oxygens (including phenoxy) is 1. The number of nitrogens with one attached hydrogen (secondary N) is 2. The zero-order valence-electron chi connectivity index (χ0n) is 17.9. The number of ketones is 1. The van der Waals surface area contributed by atoms with Gasteiger partial charge in [-0.25, -0.2) is 0 Å². The molecule has 0 radical (unpaired) electrons. The van der Waals surface area contributed by atoms with Crippen LogP contribution in [0.1, 0.15) is 28.4 Å². The van der Waals surface area contributed by atoms with E-state index in [0.717, 1.165) is 11.1 Å². The second-order valence-corrected chi connectivity index (χ2v) is 7.18. The minimum Gasteiger partial charge on any atom is -0.484 e. The topological polar surface area (TPSA) is 84.5 Å². The Bertz CT molecular complexity index is 1150. The van der Waals surface area contributed by atoms with Crippen molar-refractivity contribution in [2.45, 2.75) is 13.8 Å². The van der Waals surface area contributed by atoms with Crippen molar-refractivity contribution in [1.82, 2.24) is 0 Å². The van der Waals surface area contributed by atoms with E-state index in [4.69, 9.17) is 4.74 Å². The lowest BCUT2D eigenvalue weighted by Crippen LogP contribution is -2.20. The van der Waals surface area contributed by atoms with Crippen molar-refractivity contribution in [3.8, 4) is 5.75 Å². The molecule has 6 nitrogen and oxygen atoms in total. The Balaban J connectivity index is 1.55. The Morgan fingerprint density at radius 2 is 1.62 bits per heavy atom. The van der Waals surface area contributed by atoms with Crippen LogP contribution in [-0.4, -0.2) is 24.2 Å². The van der Waals surface area contributed by atoms with Gasteiger partial charge in [0.15, 0.2) is 12.4 Å². The molecular formula is C26H24N2O4. The monoisotopic (exact) mass is 428 g/mol. The fourth-order valence-corrected chi connectivity index (χ4v) is 2.97. The average molecular weight is 428 g/mol. The molecule has 2 N–H and O–H groups in total. The molecule has 0 spiro atoms. The lowest BCUT2D eigenvalue weighted by Gasteiger charge is -2.09. The SMILES string of the molecule is CC(=O)Nc1ccc(OCC(=O)Nc2cccc(C(=O)/C=C/c3ccccc3C)c2)cc1. The van der Waals surface area contributed by atoms with Crippen LogP contribution in [0.2, 0.25) is 0 Å². The van der Waals surface area contributed by atoms with Gasteiger partial charge in [0.1, 0.15) is 5.75 Å². The summed E-state index contributed by atoms with van der Waals surface area (Å²) < 4.78 is 5.47. The molecule has 32 heavy (non-hydrogen) atoms. The molecule has 0 atom stereocenters. The standard InChI is InChI=1S/C26H24N2O4/c1-18-6-3-4-7-20(18)10-15-25(30)21-8-5-9-23(16-21)28-26(31)17-32-24-13-11-22(12-14-24)27-19(2)29/h3-16H,17H2,1-2H3,(H,27,29)(H,28,31)/b15-10+. The Hall–Kier alpha value is -4.19. The maximum atomic E-state index is 12.5. The van der Waals surface area contributed by atoms with E-state index in [0.29, 0.717) is 22.7 Å². The molecule has 162 valence electrons. The lowest BCUT2D eigenvalue weighted by atomic mass is 10.1. The van der Waals surface area contributed by atoms with Gasteiger partial charge < -0.3 is 15.4 Å². The third-order valence-corrected chi connectivity index (χ3v) is 4.58. The van der Waals surface area contributed by atoms with Crippen LogP contribution < -0.4 is 15.4 Å². The largest absolute Gasteiger partial charge is 0.484 e. The van der Waals surface area contributed by atoms with Gasteiger partial charge in [0.25, 0.3) is 5.91 Å². The first-order valence-electron chi connectivity index (χ1n) is 10.1. The molecule has 3 rings (SSSR count). The number of hydrogen-bond acceptors (Lipinski definition) is 4. The predicted molar refractivity (Wildman–Crippen MR) is 126 cm³/mol. The van der Waals surface area contributed by atoms with E-state index in [9.17, 15) is 14.4 Å². The first kappa shape index (κ1) is 22.5. The maximum Gasteiger partial charge on any atom is 0.262 e. The molecule has 0 unspecified atom stereocenters. The van der Waals surface area contributed by atoms with E-state index < -0.39 is 0 Å². The molecule has 0 aliphatic carbocycles. The molecule has 0 aliphatic heterocycles. The number of carbonyl (C=O) groups is 3. The van der Waals surface area contributed by atoms with Crippen LogP contribution in [0, 0.1) is 6.92 Å². The van der Waals surface area contributed by atoms with Gasteiger partial charge in [-0.2, -0.15) is 0 Å². The summed E-state index contributed by atoms with van der Waals surface area (Å²) in [7, 11) is 0. The van der Waals surface area contributed by atoms with Crippen LogP contribution in [0.25, 0.3) is 6.08 Å². The maximum absolute atomic E-state index is 12.5. The van der Waals surface area contributed by atoms with Crippen molar-refractivity contribution in [1.29, 1.82) is 0 Å². The third-order valence-electron chi connectivity index (χ3n) is 4.58. The van der Waals surface area contributed by atoms with E-state index in [1.807, 2.05) is 31.2 Å². The summed E-state index contributed by atoms with van der Waals surface area (Å²) in [6.07, 6.45) is 3.31. The molecule has 0 fully saturated rings. The highest BCUT2D eigenvalue weighted by molar-refractivity contribution is 6.07. The second-order valence-electron chi connectivity index (χ2n) is 7.18. The van der Waals surface area contributed by atoms with Crippen LogP contribution in [-0.2, 0) is 9.59 Å². The average Bonchev–Trinajstić information content (AvgIpc) is 2.78. The van der Waals surface area contributed by atoms with E-state index in [1.54, 1.807) is 54.6 Å². The highest BCUT2D eigenvalue weighted by atomic mass is 16.5. The molecule has 3 aromatic carbocycles. The lowest BCUT2D eigenvalue weighted by molar-refractivity contribution is -0.118. The summed E-state index contributed by atoms with van der Waals surface area (Å²) in [6.45, 7) is 3.22. The molecule has 0 aromatic heterocycles. The zero-order valence-corrected chi connectivity index (χ0v) is 17.9. The Morgan fingerprint density at radius 1 is 0.875 bits per heavy atom. The Kier molecular flexibility index (Phi) is 7.54. The zero-order chi connectivity index (χ0) is 22.9. The van der Waals surface area contributed by atoms with Gasteiger partial charge in [-0.15, -0.1) is 0 Å². The highest BCUT2D eigenvalue weighted by Gasteiger charge is 2.07. The minimum absolute atomic E-state index is 0.153. The number of anilines is 2. The van der Waals surface area contributed by atoms with Gasteiger partial charge in [0.05, 0.1) is 0 Å². The van der Waals surface area contributed by atoms with E-state index in [1.165, 1.54) is 13.0 Å². The first-order valence-corrected chi connectivity index (χ1v) is 10.1. The summed E-state index contributed by atoms with van der Waals surface area (Å²) in [5.41, 5.74) is 3.69. The fraction of sp³-hybridized carbons (Fsp3) is 0.115. The minimum atomic E-state index is -0.351. The van der Waals surface area contributed by atoms with Crippen LogP contribution >= 0.6 is 0 Å². The molecule has 0 saturated carbocycles. The summed E-state index contributed by atoms with van der Waals surface area (Å²) in [6, 6.07) is 21.3. The van der Waals surface area contributed by atoms with Crippen molar-refractivity contribution >= 4 is 35.0 Å². The molecule has 0 aliphatic rings. The molecule has 2 amide bonds. The highest BCUT2D eigenvalue weighted by Crippen LogP contribution is 2.17. The smallest absolute Gasteiger partial charge is 0.262 e. The number of amides is 2. The number of hydrogen-bond donors (Lipinski definition) is 2. The van der Waals surface area contributed by atoms with Gasteiger partial charge >= 0.3 is 0 Å². The van der Waals surface area contributed by atoms with E-state index >= 15 is 0 Å². The van der Waals surface area contributed by atoms with Gasteiger partial charge in [-0.1, -0.05) is 42.5 Å². The first-order chi connectivity index (χ1) is 15.4. The summed E-state index contributed by atoms with van der Waals surface area (Å²) in [4.78, 5) is 35.8. The molecule has 0 bridgehead atoms. The predicted octanol–water partition coefficient (Wildman–Crippen LogP) is 4.87. The van der Waals surface area contributed by atoms with E-state index in [2.05, 4.69) is 10.6 Å². The van der Waals surface area contributed by atoms with Crippen molar-refractivity contribution < 1.29 is 19.1 Å². The van der Waals surface area contributed by atoms with Crippen molar-refractivity contribution in [3.05, 3.63) is 95.6 Å². The van der Waals surface area contributed by atoms with Crippen LogP contribution in [0.15, 0.2) is 78.9 Å². The van der Waals surface area contributed by atoms with Gasteiger partial charge in [0.2, 0.25) is 5.91 Å². The Morgan fingerprint density at radius 3 is 2.34 bits per heavy atom. The van der Waals surface area contributed by atoms with Crippen LogP contribution in [0.4, 0.5) is 11.4 Å². The third kappa shape index (κ3) is 6.67. The summed E-state index contributed by atoms with van der Waals surface area (Å²) >= 11 is 0. The number of carbonyl (C=O) groups excluding carboxylic acids is 3. The molecule has 6 heteroatoms. The van der Waals surface area contributed by atoms with Gasteiger partial charge in [0, 0.05) is 23.9 Å². The van der Waals surface area contributed by atoms with Crippen LogP contribution in [0.3, 0.4) is 0 Å². The molecule has 0 heterocycles. The number of benzene rings is 3. The fourth-order valence-electron chi connectivity index (χ4n) is 2.97. The van der Waals surface area contributed by atoms with Gasteiger partial charge in [-0.3, -0.25) is 14.4 Å². The van der Waals surface area contributed by atoms with Crippen molar-refractivity contribution in [2.75, 3.05) is 17.2 Å². The number of allylic oxidation sites excluding steroid dienone is 1. The van der Waals surface area contributed by atoms with Crippen molar-refractivity contribution in [2.24, 2.45) is 0 Å². The van der Waals surface area contributed by atoms with E-state index in [-0.39, 0.29) is 24.2 Å². The normalized spacial score (nSPS) is 10.6. The summed E-state index contributed by atoms with van der Waals surface area (Å²) in [5, 5.41) is 5.39. The van der Waals surface area contributed by atoms with Gasteiger partial charge in [-0.05, 0) is 60.5 Å². The van der Waals surface area contributed by atoms with Crippen molar-refractivity contribution in [3.63, 3.8) is 0 Å². The van der Waals surface area contributed by atoms with Crippen LogP contribution in [0.5, 0.6) is 5.75 Å². The summed E-state index contributed by atoms with van der Waals surface area (Å²) in [5.74, 6) is -0.167. The molecule has 3 aromatic rings. The number of aryl methyl sites for hydroxylation is 1. The quantitative estimate of drug-likeness (QED) is 0.396. The Labute approximate surface area is 186 Å².